The SMILES string of the molecule is Cc1ccc(C(=O)NCC(O)c2ccco2)cc1Br. The Morgan fingerprint density at radius 2 is 2.26 bits per heavy atom. The molecule has 0 saturated heterocycles. The zero-order valence-electron chi connectivity index (χ0n) is 10.4. The summed E-state index contributed by atoms with van der Waals surface area (Å²) >= 11 is 3.38. The Morgan fingerprint density at radius 1 is 1.47 bits per heavy atom. The van der Waals surface area contributed by atoms with Gasteiger partial charge in [-0.15, -0.1) is 0 Å². The molecular weight excluding hydrogens is 310 g/mol. The number of amides is 1. The molecule has 0 saturated carbocycles. The predicted octanol–water partition coefficient (Wildman–Crippen LogP) is 2.81. The molecule has 1 amide bonds. The molecule has 0 aliphatic rings. The van der Waals surface area contributed by atoms with E-state index >= 15 is 0 Å². The zero-order valence-corrected chi connectivity index (χ0v) is 12.0. The lowest BCUT2D eigenvalue weighted by Crippen LogP contribution is -2.28. The highest BCUT2D eigenvalue weighted by Gasteiger charge is 2.13. The molecule has 0 bridgehead atoms. The Bertz CT molecular complexity index is 566. The Balaban J connectivity index is 1.96. The lowest BCUT2D eigenvalue weighted by molar-refractivity contribution is 0.0901. The fourth-order valence-corrected chi connectivity index (χ4v) is 1.99. The number of halogens is 1. The molecule has 0 aliphatic heterocycles. The summed E-state index contributed by atoms with van der Waals surface area (Å²) in [6, 6.07) is 8.72. The number of rotatable bonds is 4. The monoisotopic (exact) mass is 323 g/mol. The van der Waals surface area contributed by atoms with Crippen molar-refractivity contribution in [3.05, 3.63) is 58.0 Å². The van der Waals surface area contributed by atoms with Crippen LogP contribution in [0.1, 0.15) is 27.8 Å². The summed E-state index contributed by atoms with van der Waals surface area (Å²) in [4.78, 5) is 11.9. The first-order valence-electron chi connectivity index (χ1n) is 5.83. The highest BCUT2D eigenvalue weighted by atomic mass is 79.9. The van der Waals surface area contributed by atoms with Gasteiger partial charge in [0.05, 0.1) is 12.8 Å². The first kappa shape index (κ1) is 13.8. The van der Waals surface area contributed by atoms with Gasteiger partial charge in [-0.2, -0.15) is 0 Å². The normalized spacial score (nSPS) is 12.2. The van der Waals surface area contributed by atoms with Crippen LogP contribution in [0, 0.1) is 6.92 Å². The molecule has 2 N–H and O–H groups in total. The number of hydrogen-bond donors (Lipinski definition) is 2. The number of carbonyl (C=O) groups is 1. The van der Waals surface area contributed by atoms with Crippen LogP contribution in [-0.4, -0.2) is 17.6 Å². The van der Waals surface area contributed by atoms with E-state index in [0.717, 1.165) is 10.0 Å². The van der Waals surface area contributed by atoms with Crippen LogP contribution in [-0.2, 0) is 0 Å². The first-order chi connectivity index (χ1) is 9.08. The number of aryl methyl sites for hydroxylation is 1. The molecule has 0 spiro atoms. The number of aliphatic hydroxyl groups excluding tert-OH is 1. The van der Waals surface area contributed by atoms with E-state index in [1.807, 2.05) is 13.0 Å². The fourth-order valence-electron chi connectivity index (χ4n) is 1.61. The number of hydrogen-bond acceptors (Lipinski definition) is 3. The summed E-state index contributed by atoms with van der Waals surface area (Å²) in [6.45, 7) is 2.06. The number of furan rings is 1. The van der Waals surface area contributed by atoms with Gasteiger partial charge in [-0.3, -0.25) is 4.79 Å². The summed E-state index contributed by atoms with van der Waals surface area (Å²) in [6.07, 6.45) is 0.644. The van der Waals surface area contributed by atoms with E-state index in [9.17, 15) is 9.90 Å². The summed E-state index contributed by atoms with van der Waals surface area (Å²) in [5, 5.41) is 12.5. The lowest BCUT2D eigenvalue weighted by Gasteiger charge is -2.10. The van der Waals surface area contributed by atoms with Crippen LogP contribution in [0.15, 0.2) is 45.5 Å². The molecule has 100 valence electrons. The summed E-state index contributed by atoms with van der Waals surface area (Å²) in [7, 11) is 0. The van der Waals surface area contributed by atoms with E-state index in [0.29, 0.717) is 11.3 Å². The maximum absolute atomic E-state index is 11.9. The maximum Gasteiger partial charge on any atom is 0.251 e. The van der Waals surface area contributed by atoms with Crippen molar-refractivity contribution < 1.29 is 14.3 Å². The van der Waals surface area contributed by atoms with Crippen LogP contribution in [0.4, 0.5) is 0 Å². The highest BCUT2D eigenvalue weighted by Crippen LogP contribution is 2.17. The first-order valence-corrected chi connectivity index (χ1v) is 6.63. The maximum atomic E-state index is 11.9. The van der Waals surface area contributed by atoms with E-state index in [1.54, 1.807) is 24.3 Å². The van der Waals surface area contributed by atoms with Crippen LogP contribution in [0.25, 0.3) is 0 Å². The third kappa shape index (κ3) is 3.45. The quantitative estimate of drug-likeness (QED) is 0.909. The van der Waals surface area contributed by atoms with Gasteiger partial charge < -0.3 is 14.8 Å². The minimum absolute atomic E-state index is 0.109. The predicted molar refractivity (Wildman–Crippen MR) is 74.9 cm³/mol. The van der Waals surface area contributed by atoms with Crippen LogP contribution in [0.5, 0.6) is 0 Å². The van der Waals surface area contributed by atoms with Crippen LogP contribution >= 0.6 is 15.9 Å². The molecule has 5 heteroatoms. The molecule has 2 rings (SSSR count). The minimum Gasteiger partial charge on any atom is -0.467 e. The second-order valence-corrected chi connectivity index (χ2v) is 5.06. The number of nitrogens with one attached hydrogen (secondary N) is 1. The van der Waals surface area contributed by atoms with Crippen molar-refractivity contribution >= 4 is 21.8 Å². The van der Waals surface area contributed by atoms with Crippen molar-refractivity contribution in [3.63, 3.8) is 0 Å². The minimum atomic E-state index is -0.840. The second-order valence-electron chi connectivity index (χ2n) is 4.21. The van der Waals surface area contributed by atoms with Crippen molar-refractivity contribution in [1.82, 2.24) is 5.32 Å². The molecule has 1 heterocycles. The Kier molecular flexibility index (Phi) is 4.39. The van der Waals surface area contributed by atoms with E-state index in [2.05, 4.69) is 21.2 Å². The van der Waals surface area contributed by atoms with Gasteiger partial charge in [-0.25, -0.2) is 0 Å². The Morgan fingerprint density at radius 3 is 2.89 bits per heavy atom. The van der Waals surface area contributed by atoms with Crippen molar-refractivity contribution in [2.24, 2.45) is 0 Å². The van der Waals surface area contributed by atoms with Gasteiger partial charge in [-0.05, 0) is 36.8 Å². The van der Waals surface area contributed by atoms with E-state index in [4.69, 9.17) is 4.42 Å². The largest absolute Gasteiger partial charge is 0.467 e. The molecular formula is C14H14BrNO3. The van der Waals surface area contributed by atoms with Crippen molar-refractivity contribution in [2.45, 2.75) is 13.0 Å². The standard InChI is InChI=1S/C14H14BrNO3/c1-9-4-5-10(7-11(9)15)14(18)16-8-12(17)13-3-2-6-19-13/h2-7,12,17H,8H2,1H3,(H,16,18). The topological polar surface area (TPSA) is 62.5 Å². The molecule has 0 aliphatic carbocycles. The van der Waals surface area contributed by atoms with Gasteiger partial charge >= 0.3 is 0 Å². The van der Waals surface area contributed by atoms with Crippen molar-refractivity contribution in [1.29, 1.82) is 0 Å². The highest BCUT2D eigenvalue weighted by molar-refractivity contribution is 9.10. The van der Waals surface area contributed by atoms with E-state index in [1.165, 1.54) is 6.26 Å². The molecule has 4 nitrogen and oxygen atoms in total. The zero-order chi connectivity index (χ0) is 13.8. The molecule has 19 heavy (non-hydrogen) atoms. The van der Waals surface area contributed by atoms with Gasteiger partial charge in [0.1, 0.15) is 11.9 Å². The number of aliphatic hydroxyl groups is 1. The second kappa shape index (κ2) is 6.04. The molecule has 1 atom stereocenters. The molecule has 1 unspecified atom stereocenters. The summed E-state index contributed by atoms with van der Waals surface area (Å²) < 4.78 is 5.94. The molecule has 0 radical (unpaired) electrons. The molecule has 1 aromatic heterocycles. The van der Waals surface area contributed by atoms with E-state index < -0.39 is 6.10 Å². The fraction of sp³-hybridized carbons (Fsp3) is 0.214. The van der Waals surface area contributed by atoms with Gasteiger partial charge in [0, 0.05) is 10.0 Å². The molecule has 1 aromatic carbocycles. The molecule has 2 aromatic rings. The van der Waals surface area contributed by atoms with Crippen LogP contribution in [0.2, 0.25) is 0 Å². The Hall–Kier alpha value is -1.59. The van der Waals surface area contributed by atoms with Gasteiger partial charge in [-0.1, -0.05) is 22.0 Å². The third-order valence-corrected chi connectivity index (χ3v) is 3.62. The summed E-state index contributed by atoms with van der Waals surface area (Å²) in [5.41, 5.74) is 1.61. The Labute approximate surface area is 119 Å². The van der Waals surface area contributed by atoms with Crippen LogP contribution in [0.3, 0.4) is 0 Å². The smallest absolute Gasteiger partial charge is 0.251 e. The number of benzene rings is 1. The summed E-state index contributed by atoms with van der Waals surface area (Å²) in [5.74, 6) is 0.205. The third-order valence-electron chi connectivity index (χ3n) is 2.76. The van der Waals surface area contributed by atoms with Crippen molar-refractivity contribution in [3.8, 4) is 0 Å². The van der Waals surface area contributed by atoms with Gasteiger partial charge in [0.2, 0.25) is 0 Å². The molecule has 0 fully saturated rings. The van der Waals surface area contributed by atoms with E-state index in [-0.39, 0.29) is 12.5 Å². The average Bonchev–Trinajstić information content (AvgIpc) is 2.92. The van der Waals surface area contributed by atoms with Gasteiger partial charge in [0.15, 0.2) is 0 Å². The van der Waals surface area contributed by atoms with Crippen molar-refractivity contribution in [2.75, 3.05) is 6.54 Å². The van der Waals surface area contributed by atoms with Crippen LogP contribution < -0.4 is 5.32 Å². The lowest BCUT2D eigenvalue weighted by atomic mass is 10.1. The number of carbonyl (C=O) groups excluding carboxylic acids is 1. The average molecular weight is 324 g/mol. The van der Waals surface area contributed by atoms with Gasteiger partial charge in [0.25, 0.3) is 5.91 Å².